The van der Waals surface area contributed by atoms with E-state index in [1.54, 1.807) is 7.11 Å². The molecule has 5 fully saturated rings. The number of methoxy groups -OCH3 is 1. The molecule has 5 saturated carbocycles. The fourth-order valence-electron chi connectivity index (χ4n) is 6.28. The standard InChI is InChI=1S/C21H28N2O3/c1-12(24)26-11-17-18(25-2)19(23-20(22-17)16-3-4-16)21-8-13-5-14(9-21)7-15(6-13)10-21/h13-16H,3-11H2,1-2H3. The van der Waals surface area contributed by atoms with Gasteiger partial charge in [0.25, 0.3) is 0 Å². The normalized spacial score (nSPS) is 34.8. The monoisotopic (exact) mass is 356 g/mol. The second-order valence-electron chi connectivity index (χ2n) is 9.16. The lowest BCUT2D eigenvalue weighted by atomic mass is 9.48. The Morgan fingerprint density at radius 1 is 1.08 bits per heavy atom. The maximum atomic E-state index is 11.3. The molecule has 0 radical (unpaired) electrons. The van der Waals surface area contributed by atoms with E-state index in [4.69, 9.17) is 19.4 Å². The smallest absolute Gasteiger partial charge is 0.303 e. The first kappa shape index (κ1) is 16.5. The molecule has 26 heavy (non-hydrogen) atoms. The predicted molar refractivity (Wildman–Crippen MR) is 95.9 cm³/mol. The molecule has 6 rings (SSSR count). The maximum absolute atomic E-state index is 11.3. The first-order valence-corrected chi connectivity index (χ1v) is 10.1. The topological polar surface area (TPSA) is 61.3 Å². The van der Waals surface area contributed by atoms with Gasteiger partial charge in [-0.15, -0.1) is 0 Å². The van der Waals surface area contributed by atoms with Gasteiger partial charge in [-0.05, 0) is 69.1 Å². The van der Waals surface area contributed by atoms with Crippen LogP contribution < -0.4 is 4.74 Å². The Kier molecular flexibility index (Phi) is 3.77. The number of nitrogens with zero attached hydrogens (tertiary/aromatic N) is 2. The summed E-state index contributed by atoms with van der Waals surface area (Å²) in [6.45, 7) is 1.62. The van der Waals surface area contributed by atoms with E-state index in [0.29, 0.717) is 5.92 Å². The van der Waals surface area contributed by atoms with Gasteiger partial charge in [-0.25, -0.2) is 9.97 Å². The number of ether oxygens (including phenoxy) is 2. The number of carbonyl (C=O) groups excluding carboxylic acids is 1. The highest BCUT2D eigenvalue weighted by Gasteiger charge is 2.54. The third kappa shape index (κ3) is 2.71. The van der Waals surface area contributed by atoms with E-state index in [1.165, 1.54) is 58.3 Å². The van der Waals surface area contributed by atoms with E-state index >= 15 is 0 Å². The molecule has 5 heteroatoms. The van der Waals surface area contributed by atoms with E-state index < -0.39 is 0 Å². The summed E-state index contributed by atoms with van der Waals surface area (Å²) in [5.74, 6) is 4.46. The van der Waals surface area contributed by atoms with Crippen molar-refractivity contribution in [2.45, 2.75) is 76.2 Å². The molecule has 0 N–H and O–H groups in total. The SMILES string of the molecule is COc1c(COC(C)=O)nc(C2CC2)nc1C12CC3CC(CC(C3)C1)C2. The van der Waals surface area contributed by atoms with Gasteiger partial charge in [0.05, 0.1) is 12.8 Å². The van der Waals surface area contributed by atoms with Crippen LogP contribution in [0.3, 0.4) is 0 Å². The lowest BCUT2D eigenvalue weighted by Gasteiger charge is -2.56. The first-order valence-electron chi connectivity index (χ1n) is 10.1. The molecule has 0 aliphatic heterocycles. The molecule has 140 valence electrons. The van der Waals surface area contributed by atoms with Crippen LogP contribution in [0.4, 0.5) is 0 Å². The van der Waals surface area contributed by atoms with Crippen molar-refractivity contribution in [3.05, 3.63) is 17.2 Å². The number of rotatable bonds is 5. The first-order chi connectivity index (χ1) is 12.6. The van der Waals surface area contributed by atoms with Gasteiger partial charge in [-0.3, -0.25) is 4.79 Å². The molecule has 1 heterocycles. The zero-order valence-electron chi connectivity index (χ0n) is 15.8. The van der Waals surface area contributed by atoms with Gasteiger partial charge in [-0.2, -0.15) is 0 Å². The van der Waals surface area contributed by atoms with Crippen molar-refractivity contribution < 1.29 is 14.3 Å². The number of hydrogen-bond donors (Lipinski definition) is 0. The highest BCUT2D eigenvalue weighted by molar-refractivity contribution is 5.66. The molecule has 5 nitrogen and oxygen atoms in total. The minimum atomic E-state index is -0.282. The summed E-state index contributed by atoms with van der Waals surface area (Å²) < 4.78 is 11.1. The summed E-state index contributed by atoms with van der Waals surface area (Å²) in [4.78, 5) is 21.2. The zero-order valence-corrected chi connectivity index (χ0v) is 15.8. The Morgan fingerprint density at radius 3 is 2.19 bits per heavy atom. The van der Waals surface area contributed by atoms with E-state index in [-0.39, 0.29) is 18.0 Å². The number of hydrogen-bond acceptors (Lipinski definition) is 5. The zero-order chi connectivity index (χ0) is 17.9. The van der Waals surface area contributed by atoms with Crippen molar-refractivity contribution in [2.24, 2.45) is 17.8 Å². The highest BCUT2D eigenvalue weighted by Crippen LogP contribution is 2.61. The lowest BCUT2D eigenvalue weighted by molar-refractivity contribution is -0.142. The van der Waals surface area contributed by atoms with E-state index in [1.807, 2.05) is 0 Å². The fourth-order valence-corrected chi connectivity index (χ4v) is 6.28. The van der Waals surface area contributed by atoms with Crippen LogP contribution in [0.15, 0.2) is 0 Å². The molecule has 1 aromatic heterocycles. The number of carbonyl (C=O) groups is 1. The molecule has 1 aromatic rings. The van der Waals surface area contributed by atoms with Gasteiger partial charge in [0.1, 0.15) is 18.1 Å². The van der Waals surface area contributed by atoms with E-state index in [2.05, 4.69) is 0 Å². The van der Waals surface area contributed by atoms with Gasteiger partial charge < -0.3 is 9.47 Å². The Morgan fingerprint density at radius 2 is 1.69 bits per heavy atom. The van der Waals surface area contributed by atoms with Crippen molar-refractivity contribution in [1.29, 1.82) is 0 Å². The van der Waals surface area contributed by atoms with E-state index in [0.717, 1.165) is 40.7 Å². The second-order valence-corrected chi connectivity index (χ2v) is 9.16. The maximum Gasteiger partial charge on any atom is 0.303 e. The molecule has 0 amide bonds. The number of aromatic nitrogens is 2. The predicted octanol–water partition coefficient (Wildman–Crippen LogP) is 3.89. The van der Waals surface area contributed by atoms with Crippen LogP contribution in [0.25, 0.3) is 0 Å². The molecule has 0 atom stereocenters. The van der Waals surface area contributed by atoms with Crippen LogP contribution in [0.2, 0.25) is 0 Å². The largest absolute Gasteiger partial charge is 0.493 e. The quantitative estimate of drug-likeness (QED) is 0.749. The van der Waals surface area contributed by atoms with Crippen LogP contribution in [0.5, 0.6) is 5.75 Å². The molecule has 0 saturated heterocycles. The number of esters is 1. The van der Waals surface area contributed by atoms with Gasteiger partial charge in [0, 0.05) is 18.3 Å². The Bertz CT molecular complexity index is 706. The van der Waals surface area contributed by atoms with Crippen LogP contribution in [0.1, 0.15) is 81.4 Å². The summed E-state index contributed by atoms with van der Waals surface area (Å²) in [6, 6.07) is 0. The Hall–Kier alpha value is -1.65. The summed E-state index contributed by atoms with van der Waals surface area (Å²) in [6.07, 6.45) is 10.3. The second kappa shape index (κ2) is 5.93. The fraction of sp³-hybridized carbons (Fsp3) is 0.762. The molecule has 4 bridgehead atoms. The molecule has 5 aliphatic carbocycles. The minimum Gasteiger partial charge on any atom is -0.493 e. The molecule has 5 aliphatic rings. The molecule has 0 unspecified atom stereocenters. The van der Waals surface area contributed by atoms with Crippen LogP contribution in [-0.4, -0.2) is 23.0 Å². The molecule has 0 aromatic carbocycles. The third-order valence-corrected chi connectivity index (χ3v) is 7.05. The Balaban J connectivity index is 1.59. The van der Waals surface area contributed by atoms with Crippen molar-refractivity contribution in [3.8, 4) is 5.75 Å². The molecular formula is C21H28N2O3. The third-order valence-electron chi connectivity index (χ3n) is 7.05. The average Bonchev–Trinajstić information content (AvgIpc) is 3.43. The summed E-state index contributed by atoms with van der Waals surface area (Å²) in [5.41, 5.74) is 2.03. The summed E-state index contributed by atoms with van der Waals surface area (Å²) >= 11 is 0. The van der Waals surface area contributed by atoms with Crippen LogP contribution in [-0.2, 0) is 21.6 Å². The van der Waals surface area contributed by atoms with Gasteiger partial charge in [-0.1, -0.05) is 0 Å². The molecular weight excluding hydrogens is 328 g/mol. The summed E-state index contributed by atoms with van der Waals surface area (Å²) in [7, 11) is 1.71. The van der Waals surface area contributed by atoms with Crippen LogP contribution >= 0.6 is 0 Å². The average molecular weight is 356 g/mol. The van der Waals surface area contributed by atoms with E-state index in [9.17, 15) is 4.79 Å². The lowest BCUT2D eigenvalue weighted by Crippen LogP contribution is -2.49. The minimum absolute atomic E-state index is 0.150. The van der Waals surface area contributed by atoms with Gasteiger partial charge >= 0.3 is 5.97 Å². The molecule has 0 spiro atoms. The highest BCUT2D eigenvalue weighted by atomic mass is 16.5. The summed E-state index contributed by atoms with van der Waals surface area (Å²) in [5, 5.41) is 0. The van der Waals surface area contributed by atoms with Crippen LogP contribution in [0, 0.1) is 17.8 Å². The van der Waals surface area contributed by atoms with Crippen molar-refractivity contribution in [2.75, 3.05) is 7.11 Å². The van der Waals surface area contributed by atoms with Gasteiger partial charge in [0.2, 0.25) is 0 Å². The van der Waals surface area contributed by atoms with Crippen molar-refractivity contribution in [1.82, 2.24) is 9.97 Å². The van der Waals surface area contributed by atoms with Crippen molar-refractivity contribution in [3.63, 3.8) is 0 Å². The van der Waals surface area contributed by atoms with Crippen molar-refractivity contribution >= 4 is 5.97 Å². The Labute approximate surface area is 154 Å². The van der Waals surface area contributed by atoms with Gasteiger partial charge in [0.15, 0.2) is 5.75 Å².